The first-order chi connectivity index (χ1) is 13.5. The van der Waals surface area contributed by atoms with Crippen LogP contribution >= 0.6 is 0 Å². The van der Waals surface area contributed by atoms with Gasteiger partial charge in [0.2, 0.25) is 5.91 Å². The smallest absolute Gasteiger partial charge is 0.276 e. The molecular weight excluding hydrogens is 356 g/mol. The Labute approximate surface area is 162 Å². The molecule has 0 saturated heterocycles. The molecule has 0 aliphatic carbocycles. The molecule has 0 aliphatic heterocycles. The number of aromatic nitrogens is 2. The highest BCUT2D eigenvalue weighted by atomic mass is 16.2. The molecule has 1 aromatic heterocycles. The van der Waals surface area contributed by atoms with Crippen molar-refractivity contribution in [2.24, 2.45) is 0 Å². The zero-order valence-corrected chi connectivity index (χ0v) is 15.9. The van der Waals surface area contributed by atoms with E-state index in [4.69, 9.17) is 0 Å². The summed E-state index contributed by atoms with van der Waals surface area (Å²) in [5, 5.41) is 10.8. The number of carbonyl (C=O) groups is 2. The topological polar surface area (TPSA) is 93.1 Å². The number of fused-ring (bicyclic) bond motifs is 1. The molecule has 3 aromatic rings. The van der Waals surface area contributed by atoms with Crippen LogP contribution < -0.4 is 16.2 Å². The van der Waals surface area contributed by atoms with Crippen molar-refractivity contribution in [2.45, 2.75) is 33.2 Å². The molecule has 144 valence electrons. The van der Waals surface area contributed by atoms with Gasteiger partial charge in [0, 0.05) is 29.7 Å². The third kappa shape index (κ3) is 4.09. The Kier molecular flexibility index (Phi) is 5.84. The van der Waals surface area contributed by atoms with Crippen molar-refractivity contribution in [2.75, 3.05) is 10.6 Å². The Bertz CT molecular complexity index is 1090. The van der Waals surface area contributed by atoms with Gasteiger partial charge in [-0.05, 0) is 30.7 Å². The van der Waals surface area contributed by atoms with E-state index >= 15 is 0 Å². The Morgan fingerprint density at radius 3 is 2.32 bits per heavy atom. The van der Waals surface area contributed by atoms with Crippen molar-refractivity contribution in [3.8, 4) is 0 Å². The summed E-state index contributed by atoms with van der Waals surface area (Å²) in [5.74, 6) is -0.525. The quantitative estimate of drug-likeness (QED) is 0.687. The third-order valence-electron chi connectivity index (χ3n) is 4.24. The fourth-order valence-corrected chi connectivity index (χ4v) is 2.88. The van der Waals surface area contributed by atoms with Gasteiger partial charge >= 0.3 is 0 Å². The van der Waals surface area contributed by atoms with Crippen molar-refractivity contribution in [3.63, 3.8) is 0 Å². The predicted octanol–water partition coefficient (Wildman–Crippen LogP) is 3.41. The van der Waals surface area contributed by atoms with E-state index in [1.54, 1.807) is 55.5 Å². The second-order valence-electron chi connectivity index (χ2n) is 6.36. The average Bonchev–Trinajstić information content (AvgIpc) is 2.70. The van der Waals surface area contributed by atoms with Crippen LogP contribution in [0.3, 0.4) is 0 Å². The van der Waals surface area contributed by atoms with E-state index in [9.17, 15) is 14.4 Å². The normalized spacial score (nSPS) is 10.6. The number of aryl methyl sites for hydroxylation is 1. The van der Waals surface area contributed by atoms with Crippen LogP contribution in [0.4, 0.5) is 11.4 Å². The summed E-state index contributed by atoms with van der Waals surface area (Å²) < 4.78 is 1.33. The second kappa shape index (κ2) is 8.47. The number of nitrogens with zero attached hydrogens (tertiary/aromatic N) is 2. The van der Waals surface area contributed by atoms with Crippen molar-refractivity contribution in [1.29, 1.82) is 0 Å². The van der Waals surface area contributed by atoms with Crippen LogP contribution in [0.15, 0.2) is 53.3 Å². The van der Waals surface area contributed by atoms with Gasteiger partial charge in [0.1, 0.15) is 0 Å². The standard InChI is InChI=1S/C21H22N4O3/c1-3-12-25-21(28)17-11-6-5-10-16(17)19(24-25)20(27)23-15-9-7-8-14(13-15)22-18(26)4-2/h5-11,13H,3-4,12H2,1-2H3,(H,22,26)(H,23,27). The Hall–Kier alpha value is -3.48. The largest absolute Gasteiger partial charge is 0.326 e. The minimum absolute atomic E-state index is 0.109. The van der Waals surface area contributed by atoms with Gasteiger partial charge in [-0.25, -0.2) is 4.68 Å². The molecule has 0 fully saturated rings. The van der Waals surface area contributed by atoms with Crippen LogP contribution in [-0.4, -0.2) is 21.6 Å². The first-order valence-electron chi connectivity index (χ1n) is 9.24. The van der Waals surface area contributed by atoms with Crippen LogP contribution in [0.2, 0.25) is 0 Å². The highest BCUT2D eigenvalue weighted by Gasteiger charge is 2.17. The van der Waals surface area contributed by atoms with Gasteiger partial charge in [0.25, 0.3) is 11.5 Å². The molecule has 0 saturated carbocycles. The van der Waals surface area contributed by atoms with Gasteiger partial charge in [-0.2, -0.15) is 5.10 Å². The molecule has 1 heterocycles. The lowest BCUT2D eigenvalue weighted by Gasteiger charge is -2.11. The van der Waals surface area contributed by atoms with E-state index in [2.05, 4.69) is 15.7 Å². The van der Waals surface area contributed by atoms with Gasteiger partial charge in [-0.15, -0.1) is 0 Å². The molecule has 7 heteroatoms. The van der Waals surface area contributed by atoms with Crippen molar-refractivity contribution >= 4 is 34.0 Å². The Balaban J connectivity index is 1.96. The first-order valence-corrected chi connectivity index (χ1v) is 9.24. The van der Waals surface area contributed by atoms with Crippen molar-refractivity contribution in [1.82, 2.24) is 9.78 Å². The van der Waals surface area contributed by atoms with E-state index < -0.39 is 5.91 Å². The van der Waals surface area contributed by atoms with Crippen LogP contribution in [0.5, 0.6) is 0 Å². The molecule has 0 radical (unpaired) electrons. The minimum Gasteiger partial charge on any atom is -0.326 e. The molecule has 2 N–H and O–H groups in total. The lowest BCUT2D eigenvalue weighted by Crippen LogP contribution is -2.27. The second-order valence-corrected chi connectivity index (χ2v) is 6.36. The molecule has 2 amide bonds. The number of nitrogens with one attached hydrogen (secondary N) is 2. The number of anilines is 2. The first kappa shape index (κ1) is 19.3. The van der Waals surface area contributed by atoms with Crippen molar-refractivity contribution < 1.29 is 9.59 Å². The maximum Gasteiger partial charge on any atom is 0.276 e. The molecule has 0 spiro atoms. The molecule has 3 rings (SSSR count). The molecule has 0 unspecified atom stereocenters. The lowest BCUT2D eigenvalue weighted by atomic mass is 10.1. The fourth-order valence-electron chi connectivity index (χ4n) is 2.88. The van der Waals surface area contributed by atoms with Gasteiger partial charge in [0.15, 0.2) is 5.69 Å². The maximum atomic E-state index is 12.9. The minimum atomic E-state index is -0.417. The van der Waals surface area contributed by atoms with Gasteiger partial charge in [-0.1, -0.05) is 38.1 Å². The number of rotatable bonds is 6. The lowest BCUT2D eigenvalue weighted by molar-refractivity contribution is -0.115. The zero-order chi connectivity index (χ0) is 20.1. The molecule has 0 bridgehead atoms. The molecular formula is C21H22N4O3. The van der Waals surface area contributed by atoms with E-state index in [0.29, 0.717) is 35.1 Å². The molecule has 2 aromatic carbocycles. The van der Waals surface area contributed by atoms with E-state index in [-0.39, 0.29) is 17.2 Å². The molecule has 28 heavy (non-hydrogen) atoms. The average molecular weight is 378 g/mol. The Morgan fingerprint density at radius 2 is 1.64 bits per heavy atom. The summed E-state index contributed by atoms with van der Waals surface area (Å²) in [6.07, 6.45) is 1.09. The number of benzene rings is 2. The maximum absolute atomic E-state index is 12.9. The SMILES string of the molecule is CCCn1nc(C(=O)Nc2cccc(NC(=O)CC)c2)c2ccccc2c1=O. The third-order valence-corrected chi connectivity index (χ3v) is 4.24. The number of hydrogen-bond acceptors (Lipinski definition) is 4. The van der Waals surface area contributed by atoms with Crippen LogP contribution in [0.25, 0.3) is 10.8 Å². The van der Waals surface area contributed by atoms with Gasteiger partial charge in [0.05, 0.1) is 5.39 Å². The summed E-state index contributed by atoms with van der Waals surface area (Å²) in [6, 6.07) is 13.8. The summed E-state index contributed by atoms with van der Waals surface area (Å²) in [5.41, 5.74) is 1.10. The molecule has 7 nitrogen and oxygen atoms in total. The highest BCUT2D eigenvalue weighted by molar-refractivity contribution is 6.11. The number of carbonyl (C=O) groups excluding carboxylic acids is 2. The van der Waals surface area contributed by atoms with E-state index in [1.165, 1.54) is 4.68 Å². The van der Waals surface area contributed by atoms with Crippen LogP contribution in [0, 0.1) is 0 Å². The summed E-state index contributed by atoms with van der Waals surface area (Å²) in [7, 11) is 0. The van der Waals surface area contributed by atoms with Crippen LogP contribution in [0.1, 0.15) is 37.2 Å². The van der Waals surface area contributed by atoms with E-state index in [0.717, 1.165) is 6.42 Å². The van der Waals surface area contributed by atoms with Gasteiger partial charge < -0.3 is 10.6 Å². The van der Waals surface area contributed by atoms with Crippen LogP contribution in [-0.2, 0) is 11.3 Å². The number of hydrogen-bond donors (Lipinski definition) is 2. The fraction of sp³-hybridized carbons (Fsp3) is 0.238. The molecule has 0 aliphatic rings. The summed E-state index contributed by atoms with van der Waals surface area (Å²) in [4.78, 5) is 37.0. The van der Waals surface area contributed by atoms with E-state index in [1.807, 2.05) is 6.92 Å². The monoisotopic (exact) mass is 378 g/mol. The Morgan fingerprint density at radius 1 is 0.964 bits per heavy atom. The van der Waals surface area contributed by atoms with Crippen molar-refractivity contribution in [3.05, 3.63) is 64.6 Å². The predicted molar refractivity (Wildman–Crippen MR) is 110 cm³/mol. The zero-order valence-electron chi connectivity index (χ0n) is 15.9. The van der Waals surface area contributed by atoms with Gasteiger partial charge in [-0.3, -0.25) is 14.4 Å². The summed E-state index contributed by atoms with van der Waals surface area (Å²) >= 11 is 0. The summed E-state index contributed by atoms with van der Waals surface area (Å²) in [6.45, 7) is 4.14. The number of amides is 2. The highest BCUT2D eigenvalue weighted by Crippen LogP contribution is 2.18. The molecule has 0 atom stereocenters.